The number of hydrogen-bond donors (Lipinski definition) is 0. The van der Waals surface area contributed by atoms with Crippen molar-refractivity contribution in [3.05, 3.63) is 223 Å². The summed E-state index contributed by atoms with van der Waals surface area (Å²) >= 11 is 0. The molecular weight excluding hydrogens is 731 g/mol. The van der Waals surface area contributed by atoms with Crippen LogP contribution in [0.2, 0.25) is 0 Å². The summed E-state index contributed by atoms with van der Waals surface area (Å²) in [5, 5.41) is 0. The summed E-state index contributed by atoms with van der Waals surface area (Å²) in [5.74, 6) is 2.96. The maximum Gasteiger partial charge on any atom is 0.163 e. The Labute approximate surface area is 351 Å². The maximum atomic E-state index is 5.48. The van der Waals surface area contributed by atoms with Gasteiger partial charge in [-0.1, -0.05) is 184 Å². The first-order valence-corrected chi connectivity index (χ1v) is 20.6. The van der Waals surface area contributed by atoms with E-state index < -0.39 is 0 Å². The van der Waals surface area contributed by atoms with E-state index in [1.165, 1.54) is 16.7 Å². The van der Waals surface area contributed by atoms with Crippen molar-refractivity contribution in [2.24, 2.45) is 0 Å². The van der Waals surface area contributed by atoms with E-state index in [-0.39, 0.29) is 5.41 Å². The minimum Gasteiger partial charge on any atom is -0.294 e. The number of aryl methyl sites for hydroxylation is 2. The second kappa shape index (κ2) is 15.7. The first kappa shape index (κ1) is 36.8. The van der Waals surface area contributed by atoms with E-state index in [9.17, 15) is 0 Å². The van der Waals surface area contributed by atoms with E-state index >= 15 is 0 Å². The summed E-state index contributed by atoms with van der Waals surface area (Å²) in [6.45, 7) is 4.64. The number of benzene rings is 7. The van der Waals surface area contributed by atoms with Crippen LogP contribution in [0.15, 0.2) is 200 Å². The molecule has 0 spiro atoms. The van der Waals surface area contributed by atoms with Crippen molar-refractivity contribution >= 4 is 17.2 Å². The Hall–Kier alpha value is -7.50. The van der Waals surface area contributed by atoms with Gasteiger partial charge in [-0.05, 0) is 75.2 Å². The van der Waals surface area contributed by atoms with Crippen LogP contribution >= 0.6 is 0 Å². The summed E-state index contributed by atoms with van der Waals surface area (Å²) in [6, 6.07) is 68.2. The Bertz CT molecular complexity index is 2840. The van der Waals surface area contributed by atoms with Gasteiger partial charge in [0.25, 0.3) is 0 Å². The molecule has 0 amide bonds. The third kappa shape index (κ3) is 6.94. The number of pyridine rings is 1. The van der Waals surface area contributed by atoms with E-state index in [1.54, 1.807) is 0 Å². The van der Waals surface area contributed by atoms with Gasteiger partial charge in [0.15, 0.2) is 11.6 Å². The lowest BCUT2D eigenvalue weighted by atomic mass is 9.73. The zero-order valence-corrected chi connectivity index (χ0v) is 33.7. The summed E-state index contributed by atoms with van der Waals surface area (Å²) in [5.41, 5.74) is 14.4. The van der Waals surface area contributed by atoms with Gasteiger partial charge in [0.2, 0.25) is 0 Å². The van der Waals surface area contributed by atoms with Crippen LogP contribution in [0.3, 0.4) is 0 Å². The minimum absolute atomic E-state index is 0.196. The molecule has 60 heavy (non-hydrogen) atoms. The Morgan fingerprint density at radius 1 is 0.417 bits per heavy atom. The smallest absolute Gasteiger partial charge is 0.163 e. The number of aromatic nitrogens is 4. The topological polar surface area (TPSA) is 54.8 Å². The molecule has 3 heterocycles. The van der Waals surface area contributed by atoms with Crippen molar-refractivity contribution in [3.63, 3.8) is 0 Å². The van der Waals surface area contributed by atoms with Crippen molar-refractivity contribution in [1.82, 2.24) is 19.9 Å². The molecular formula is C55H43N5. The average Bonchev–Trinajstić information content (AvgIpc) is 3.32. The number of hydrogen-bond acceptors (Lipinski definition) is 5. The summed E-state index contributed by atoms with van der Waals surface area (Å²) in [6.07, 6.45) is 3.29. The number of anilines is 3. The zero-order chi connectivity index (χ0) is 40.5. The monoisotopic (exact) mass is 773 g/mol. The molecule has 10 rings (SSSR count). The second-order valence-electron chi connectivity index (χ2n) is 15.8. The van der Waals surface area contributed by atoms with Crippen molar-refractivity contribution in [3.8, 4) is 56.2 Å². The van der Waals surface area contributed by atoms with E-state index in [4.69, 9.17) is 19.9 Å². The third-order valence-electron chi connectivity index (χ3n) is 11.7. The van der Waals surface area contributed by atoms with Gasteiger partial charge in [-0.15, -0.1) is 0 Å². The highest BCUT2D eigenvalue weighted by molar-refractivity contribution is 5.90. The van der Waals surface area contributed by atoms with E-state index in [2.05, 4.69) is 183 Å². The van der Waals surface area contributed by atoms with E-state index in [0.717, 1.165) is 67.5 Å². The number of rotatable bonds is 9. The highest BCUT2D eigenvalue weighted by atomic mass is 15.2. The zero-order valence-electron chi connectivity index (χ0n) is 33.7. The van der Waals surface area contributed by atoms with E-state index in [1.807, 2.05) is 36.4 Å². The van der Waals surface area contributed by atoms with Gasteiger partial charge < -0.3 is 0 Å². The lowest BCUT2D eigenvalue weighted by Gasteiger charge is -2.42. The molecule has 0 atom stereocenters. The fraction of sp³-hybridized carbons (Fsp3) is 0.0909. The summed E-state index contributed by atoms with van der Waals surface area (Å²) < 4.78 is 0. The molecule has 288 valence electrons. The number of fused-ring (bicyclic) bond motifs is 2. The van der Waals surface area contributed by atoms with Crippen LogP contribution in [0, 0.1) is 0 Å². The van der Waals surface area contributed by atoms with Crippen molar-refractivity contribution in [1.29, 1.82) is 0 Å². The fourth-order valence-corrected chi connectivity index (χ4v) is 8.61. The molecule has 1 aliphatic rings. The molecule has 0 bridgehead atoms. The Kier molecular flexibility index (Phi) is 9.63. The molecule has 0 N–H and O–H groups in total. The summed E-state index contributed by atoms with van der Waals surface area (Å²) in [7, 11) is 0. The molecule has 0 fully saturated rings. The lowest BCUT2D eigenvalue weighted by Crippen LogP contribution is -2.31. The number of para-hydroxylation sites is 2. The van der Waals surface area contributed by atoms with E-state index in [0.29, 0.717) is 24.5 Å². The lowest BCUT2D eigenvalue weighted by molar-refractivity contribution is 0.631. The normalized spacial score (nSPS) is 12.7. The first-order chi connectivity index (χ1) is 29.5. The van der Waals surface area contributed by atoms with Gasteiger partial charge in [0, 0.05) is 34.7 Å². The average molecular weight is 774 g/mol. The molecule has 9 aromatic rings. The fourth-order valence-electron chi connectivity index (χ4n) is 8.61. The molecule has 2 aromatic heterocycles. The van der Waals surface area contributed by atoms with Crippen LogP contribution in [0.25, 0.3) is 56.2 Å². The van der Waals surface area contributed by atoms with Crippen LogP contribution < -0.4 is 4.90 Å². The maximum absolute atomic E-state index is 5.48. The third-order valence-corrected chi connectivity index (χ3v) is 11.7. The van der Waals surface area contributed by atoms with Crippen LogP contribution in [-0.4, -0.2) is 19.9 Å². The van der Waals surface area contributed by atoms with Crippen molar-refractivity contribution < 1.29 is 0 Å². The predicted molar refractivity (Wildman–Crippen MR) is 245 cm³/mol. The Morgan fingerprint density at radius 3 is 1.48 bits per heavy atom. The van der Waals surface area contributed by atoms with Crippen LogP contribution in [0.1, 0.15) is 36.4 Å². The number of nitrogens with zero attached hydrogens (tertiary/aromatic N) is 5. The Morgan fingerprint density at radius 2 is 0.917 bits per heavy atom. The molecule has 0 saturated carbocycles. The molecule has 5 nitrogen and oxygen atoms in total. The first-order valence-electron chi connectivity index (χ1n) is 20.6. The minimum atomic E-state index is -0.196. The van der Waals surface area contributed by atoms with Crippen LogP contribution in [0.5, 0.6) is 0 Å². The molecule has 0 radical (unpaired) electrons. The quantitative estimate of drug-likeness (QED) is 0.146. The van der Waals surface area contributed by atoms with Crippen molar-refractivity contribution in [2.75, 3.05) is 4.90 Å². The molecule has 7 aromatic carbocycles. The van der Waals surface area contributed by atoms with Crippen molar-refractivity contribution in [2.45, 2.75) is 32.1 Å². The molecule has 1 aliphatic heterocycles. The van der Waals surface area contributed by atoms with Gasteiger partial charge in [0.05, 0.1) is 11.4 Å². The molecule has 0 unspecified atom stereocenters. The van der Waals surface area contributed by atoms with Gasteiger partial charge in [0.1, 0.15) is 11.6 Å². The largest absolute Gasteiger partial charge is 0.294 e. The molecule has 0 aliphatic carbocycles. The van der Waals surface area contributed by atoms with Gasteiger partial charge in [-0.2, -0.15) is 0 Å². The molecule has 5 heteroatoms. The highest BCUT2D eigenvalue weighted by Gasteiger charge is 2.37. The predicted octanol–water partition coefficient (Wildman–Crippen LogP) is 13.5. The van der Waals surface area contributed by atoms with Gasteiger partial charge >= 0.3 is 0 Å². The summed E-state index contributed by atoms with van der Waals surface area (Å²) in [4.78, 5) is 23.0. The van der Waals surface area contributed by atoms with Gasteiger partial charge in [-0.3, -0.25) is 4.90 Å². The highest BCUT2D eigenvalue weighted by Crippen LogP contribution is 2.52. The second-order valence-corrected chi connectivity index (χ2v) is 15.8. The SMILES string of the molecule is CC1(C)c2ccccc2N(c2ncc(-c3cc(-c4ccccc4)ccc3-c3ccccc3)cc2CCc2nc(-c3ccccc3)nc(-c3ccccc3)n2)c2ccccc21. The van der Waals surface area contributed by atoms with Crippen LogP contribution in [0.4, 0.5) is 17.2 Å². The van der Waals surface area contributed by atoms with Gasteiger partial charge in [-0.25, -0.2) is 19.9 Å². The van der Waals surface area contributed by atoms with Crippen LogP contribution in [-0.2, 0) is 18.3 Å². The standard InChI is InChI=1S/C55H43N5/c1-55(2)47-27-15-17-29-49(47)60(50-30-18-16-28-48(50)55)54-43(32-34-51-57-52(40-23-11-5-12-24-40)59-53(58-51)41-25-13-6-14-26-41)35-44(37-56-54)46-36-42(38-19-7-3-8-20-38)31-33-45(46)39-21-9-4-10-22-39/h3-31,33,35-37H,32,34H2,1-2H3. The Balaban J connectivity index is 1.16. The molecule has 0 saturated heterocycles.